The molecule has 0 bridgehead atoms. The first-order chi connectivity index (χ1) is 25.6. The minimum absolute atomic E-state index is 0.0522. The number of aryl methyl sites for hydroxylation is 2. The van der Waals surface area contributed by atoms with Gasteiger partial charge in [0.2, 0.25) is 0 Å². The summed E-state index contributed by atoms with van der Waals surface area (Å²) in [7, 11) is 0. The molecule has 52 heavy (non-hydrogen) atoms. The maximum absolute atomic E-state index is 6.69. The van der Waals surface area contributed by atoms with Crippen LogP contribution in [-0.2, 0) is 0 Å². The Hall–Kier alpha value is -5.09. The van der Waals surface area contributed by atoms with E-state index in [0.29, 0.717) is 0 Å². The molecule has 4 aliphatic rings. The van der Waals surface area contributed by atoms with Crippen LogP contribution in [0.1, 0.15) is 11.1 Å². The molecule has 11 rings (SSSR count). The van der Waals surface area contributed by atoms with Gasteiger partial charge in [-0.1, -0.05) is 0 Å². The van der Waals surface area contributed by atoms with Crippen molar-refractivity contribution in [1.29, 1.82) is 0 Å². The van der Waals surface area contributed by atoms with Crippen molar-refractivity contribution in [3.8, 4) is 46.0 Å². The first-order valence-electron chi connectivity index (χ1n) is 17.5. The van der Waals surface area contributed by atoms with Crippen LogP contribution in [0.25, 0.3) is 0 Å². The summed E-state index contributed by atoms with van der Waals surface area (Å²) in [5, 5.41) is 0. The molecule has 0 N–H and O–H groups in total. The van der Waals surface area contributed by atoms with E-state index in [-0.39, 0.29) is 43.3 Å². The summed E-state index contributed by atoms with van der Waals surface area (Å²) in [4.78, 5) is 0. The number of fused-ring (bicyclic) bond motifs is 8. The first-order valence-corrected chi connectivity index (χ1v) is 20.9. The van der Waals surface area contributed by atoms with Gasteiger partial charge in [-0.25, -0.2) is 0 Å². The molecule has 0 saturated heterocycles. The van der Waals surface area contributed by atoms with Gasteiger partial charge in [0.1, 0.15) is 0 Å². The molecule has 0 unspecified atom stereocenters. The summed E-state index contributed by atoms with van der Waals surface area (Å²) in [6.45, 7) is 4.32. The zero-order chi connectivity index (χ0) is 34.5. The SMILES string of the molecule is Cc1ccccc1Oc1cc2c3c(c1)[Se]c1cc4c(cc1B3c1ccccc1O2)B1c2ccccc2Oc2cc(Oc3ccccc3C)cc(c21)[Se]4. The van der Waals surface area contributed by atoms with Crippen molar-refractivity contribution in [3.05, 3.63) is 145 Å². The molecule has 0 saturated carbocycles. The Kier molecular flexibility index (Phi) is 6.88. The third kappa shape index (κ3) is 4.76. The normalized spacial score (nSPS) is 13.7. The molecule has 0 atom stereocenters. The number of benzene rings is 7. The van der Waals surface area contributed by atoms with Crippen LogP contribution in [-0.4, -0.2) is 43.3 Å². The van der Waals surface area contributed by atoms with E-state index in [9.17, 15) is 0 Å². The minimum atomic E-state index is 0.0522. The fraction of sp³-hybridized carbons (Fsp3) is 0.0455. The van der Waals surface area contributed by atoms with Crippen LogP contribution in [0.4, 0.5) is 0 Å². The monoisotopic (exact) mass is 802 g/mol. The molecular weight excluding hydrogens is 772 g/mol. The van der Waals surface area contributed by atoms with Gasteiger partial charge in [-0.15, -0.1) is 0 Å². The van der Waals surface area contributed by atoms with Gasteiger partial charge >= 0.3 is 317 Å². The third-order valence-electron chi connectivity index (χ3n) is 10.5. The number of para-hydroxylation sites is 4. The van der Waals surface area contributed by atoms with Crippen molar-refractivity contribution in [2.45, 2.75) is 13.8 Å². The molecule has 4 nitrogen and oxygen atoms in total. The summed E-state index contributed by atoms with van der Waals surface area (Å²) in [6, 6.07) is 47.2. The Morgan fingerprint density at radius 3 is 1.35 bits per heavy atom. The number of hydrogen-bond donors (Lipinski definition) is 0. The van der Waals surface area contributed by atoms with Crippen molar-refractivity contribution in [1.82, 2.24) is 0 Å². The zero-order valence-electron chi connectivity index (χ0n) is 28.3. The predicted molar refractivity (Wildman–Crippen MR) is 214 cm³/mol. The van der Waals surface area contributed by atoms with E-state index in [1.54, 1.807) is 0 Å². The number of rotatable bonds is 4. The molecule has 8 heteroatoms. The van der Waals surface area contributed by atoms with Crippen LogP contribution in [0, 0.1) is 13.8 Å². The van der Waals surface area contributed by atoms with Gasteiger partial charge in [0.05, 0.1) is 0 Å². The quantitative estimate of drug-likeness (QED) is 0.257. The van der Waals surface area contributed by atoms with Gasteiger partial charge in [0.25, 0.3) is 0 Å². The van der Waals surface area contributed by atoms with Crippen molar-refractivity contribution < 1.29 is 18.9 Å². The Labute approximate surface area is 315 Å². The molecule has 7 aromatic carbocycles. The van der Waals surface area contributed by atoms with Crippen LogP contribution >= 0.6 is 0 Å². The topological polar surface area (TPSA) is 36.9 Å². The van der Waals surface area contributed by atoms with Crippen molar-refractivity contribution in [2.75, 3.05) is 0 Å². The molecule has 4 aliphatic heterocycles. The van der Waals surface area contributed by atoms with Crippen LogP contribution in [0.5, 0.6) is 46.0 Å². The van der Waals surface area contributed by atoms with Crippen molar-refractivity contribution >= 4 is 94.0 Å². The molecule has 0 amide bonds. The van der Waals surface area contributed by atoms with Gasteiger partial charge in [0, 0.05) is 0 Å². The average molecular weight is 800 g/mol. The number of ether oxygens (including phenoxy) is 4. The first kappa shape index (κ1) is 30.5. The van der Waals surface area contributed by atoms with Crippen LogP contribution in [0.2, 0.25) is 0 Å². The second-order valence-corrected chi connectivity index (χ2v) is 18.2. The van der Waals surface area contributed by atoms with Gasteiger partial charge in [0.15, 0.2) is 0 Å². The van der Waals surface area contributed by atoms with Crippen LogP contribution in [0.15, 0.2) is 133 Å². The number of hydrogen-bond acceptors (Lipinski definition) is 4. The second kappa shape index (κ2) is 11.7. The van der Waals surface area contributed by atoms with Crippen LogP contribution < -0.4 is 69.6 Å². The molecular formula is C44H28B2O4Se2. The fourth-order valence-electron chi connectivity index (χ4n) is 8.05. The Morgan fingerprint density at radius 2 is 0.865 bits per heavy atom. The fourth-order valence-corrected chi connectivity index (χ4v) is 13.5. The van der Waals surface area contributed by atoms with E-state index in [2.05, 4.69) is 111 Å². The summed E-state index contributed by atoms with van der Waals surface area (Å²) in [5.41, 5.74) is 9.97. The Morgan fingerprint density at radius 1 is 0.423 bits per heavy atom. The predicted octanol–water partition coefficient (Wildman–Crippen LogP) is 3.07. The standard InChI is InChI=1S/C44H28B2O4Se2/c1-25-11-3-7-15-33(25)47-27-19-37-43-41(21-27)51-39-24-40-32(23-31(39)45(43)29-13-5-9-17-35(29)49-37)46-30-14-6-10-18-36(30)50-38-20-28(22-42(52-40)44(38)46)48-34-16-8-4-12-26(34)2/h3-24H,1-2H3. The third-order valence-corrected chi connectivity index (χ3v) is 15.2. The molecule has 246 valence electrons. The van der Waals surface area contributed by atoms with Gasteiger partial charge in [-0.05, 0) is 0 Å². The second-order valence-electron chi connectivity index (χ2n) is 13.7. The summed E-state index contributed by atoms with van der Waals surface area (Å²) in [6.07, 6.45) is 0. The molecule has 7 aromatic rings. The molecule has 0 fully saturated rings. The van der Waals surface area contributed by atoms with Crippen molar-refractivity contribution in [2.24, 2.45) is 0 Å². The van der Waals surface area contributed by atoms with E-state index >= 15 is 0 Å². The molecule has 0 spiro atoms. The van der Waals surface area contributed by atoms with Crippen LogP contribution in [0.3, 0.4) is 0 Å². The Bertz CT molecular complexity index is 2480. The van der Waals surface area contributed by atoms with E-state index in [1.165, 1.54) is 50.6 Å². The summed E-state index contributed by atoms with van der Waals surface area (Å²) >= 11 is 0.104. The average Bonchev–Trinajstić information content (AvgIpc) is 3.15. The van der Waals surface area contributed by atoms with E-state index in [0.717, 1.165) is 57.1 Å². The van der Waals surface area contributed by atoms with Gasteiger partial charge < -0.3 is 0 Å². The van der Waals surface area contributed by atoms with E-state index < -0.39 is 0 Å². The van der Waals surface area contributed by atoms with E-state index in [4.69, 9.17) is 18.9 Å². The molecule has 4 heterocycles. The van der Waals surface area contributed by atoms with E-state index in [1.807, 2.05) is 36.4 Å². The Balaban J connectivity index is 1.08. The maximum atomic E-state index is 6.69. The van der Waals surface area contributed by atoms with Gasteiger partial charge in [-0.3, -0.25) is 0 Å². The van der Waals surface area contributed by atoms with Gasteiger partial charge in [-0.2, -0.15) is 0 Å². The molecule has 0 aromatic heterocycles. The molecule has 0 aliphatic carbocycles. The zero-order valence-corrected chi connectivity index (χ0v) is 31.7. The molecule has 0 radical (unpaired) electrons. The van der Waals surface area contributed by atoms with Crippen molar-refractivity contribution in [3.63, 3.8) is 0 Å². The summed E-state index contributed by atoms with van der Waals surface area (Å²) in [5.74, 6) is 6.96. The summed E-state index contributed by atoms with van der Waals surface area (Å²) < 4.78 is 31.9.